The van der Waals surface area contributed by atoms with E-state index in [0.717, 1.165) is 4.60 Å². The molecule has 6 heteroatoms. The molecule has 0 bridgehead atoms. The summed E-state index contributed by atoms with van der Waals surface area (Å²) >= 11 is 3.29. The zero-order valence-corrected chi connectivity index (χ0v) is 8.60. The van der Waals surface area contributed by atoms with Gasteiger partial charge >= 0.3 is 5.97 Å². The minimum Gasteiger partial charge on any atom is -0.481 e. The average Bonchev–Trinajstić information content (AvgIpc) is 2.47. The lowest BCUT2D eigenvalue weighted by Gasteiger charge is -1.92. The van der Waals surface area contributed by atoms with Gasteiger partial charge in [0.2, 0.25) is 0 Å². The molecule has 0 radical (unpaired) electrons. The van der Waals surface area contributed by atoms with Crippen molar-refractivity contribution < 1.29 is 9.90 Å². The molecular weight excluding hydrogens is 250 g/mol. The summed E-state index contributed by atoms with van der Waals surface area (Å²) in [5.74, 6) is -0.624. The van der Waals surface area contributed by atoms with Gasteiger partial charge in [-0.25, -0.2) is 9.50 Å². The molecule has 1 N–H and O–H groups in total. The van der Waals surface area contributed by atoms with Crippen LogP contribution in [0.2, 0.25) is 0 Å². The number of pyridine rings is 1. The predicted molar refractivity (Wildman–Crippen MR) is 52.0 cm³/mol. The normalized spacial score (nSPS) is 10.6. The summed E-state index contributed by atoms with van der Waals surface area (Å²) in [6.07, 6.45) is -0.159. The number of halogens is 1. The van der Waals surface area contributed by atoms with Crippen molar-refractivity contribution in [1.82, 2.24) is 14.6 Å². The number of aliphatic carboxylic acids is 1. The smallest absolute Gasteiger partial charge is 0.311 e. The number of carboxylic acid groups (broad SMARTS) is 1. The standard InChI is InChI=1S/C8H6BrN3O2/c9-5-2-1-3-7-10-6(4-8(13)14)11-12(5)7/h1-3H,4H2,(H,13,14). The Morgan fingerprint density at radius 2 is 2.36 bits per heavy atom. The highest BCUT2D eigenvalue weighted by molar-refractivity contribution is 9.10. The van der Waals surface area contributed by atoms with Gasteiger partial charge in [-0.05, 0) is 28.1 Å². The minimum absolute atomic E-state index is 0.159. The Kier molecular flexibility index (Phi) is 2.20. The van der Waals surface area contributed by atoms with Crippen LogP contribution in [0.4, 0.5) is 0 Å². The molecule has 72 valence electrons. The molecule has 0 aliphatic heterocycles. The fourth-order valence-corrected chi connectivity index (χ4v) is 1.54. The van der Waals surface area contributed by atoms with Crippen LogP contribution in [0.1, 0.15) is 5.82 Å². The highest BCUT2D eigenvalue weighted by atomic mass is 79.9. The second-order valence-corrected chi connectivity index (χ2v) is 3.53. The van der Waals surface area contributed by atoms with Crippen molar-refractivity contribution in [2.24, 2.45) is 0 Å². The SMILES string of the molecule is O=C(O)Cc1nc2cccc(Br)n2n1. The second-order valence-electron chi connectivity index (χ2n) is 2.72. The molecule has 0 saturated carbocycles. The maximum Gasteiger partial charge on any atom is 0.311 e. The average molecular weight is 256 g/mol. The topological polar surface area (TPSA) is 67.5 Å². The van der Waals surface area contributed by atoms with Crippen molar-refractivity contribution >= 4 is 27.5 Å². The summed E-state index contributed by atoms with van der Waals surface area (Å²) in [5, 5.41) is 12.6. The third-order valence-corrected chi connectivity index (χ3v) is 2.27. The van der Waals surface area contributed by atoms with E-state index in [1.807, 2.05) is 12.1 Å². The molecule has 0 saturated heterocycles. The lowest BCUT2D eigenvalue weighted by atomic mass is 10.4. The molecule has 0 aromatic carbocycles. The van der Waals surface area contributed by atoms with Crippen molar-refractivity contribution in [2.75, 3.05) is 0 Å². The Bertz CT molecular complexity index is 494. The van der Waals surface area contributed by atoms with Gasteiger partial charge in [-0.1, -0.05) is 6.07 Å². The van der Waals surface area contributed by atoms with Crippen LogP contribution in [0.25, 0.3) is 5.65 Å². The van der Waals surface area contributed by atoms with Crippen LogP contribution in [0.3, 0.4) is 0 Å². The molecule has 14 heavy (non-hydrogen) atoms. The van der Waals surface area contributed by atoms with Crippen molar-refractivity contribution in [2.45, 2.75) is 6.42 Å². The van der Waals surface area contributed by atoms with E-state index < -0.39 is 5.97 Å². The van der Waals surface area contributed by atoms with Gasteiger partial charge in [-0.15, -0.1) is 5.10 Å². The van der Waals surface area contributed by atoms with E-state index in [4.69, 9.17) is 5.11 Å². The lowest BCUT2D eigenvalue weighted by Crippen LogP contribution is -2.02. The molecule has 0 aliphatic rings. The number of aromatic nitrogens is 3. The quantitative estimate of drug-likeness (QED) is 0.817. The zero-order chi connectivity index (χ0) is 10.1. The fraction of sp³-hybridized carbons (Fsp3) is 0.125. The molecule has 2 aromatic rings. The first kappa shape index (κ1) is 9.14. The Labute approximate surface area is 87.5 Å². The van der Waals surface area contributed by atoms with Crippen molar-refractivity contribution in [3.05, 3.63) is 28.6 Å². The van der Waals surface area contributed by atoms with E-state index >= 15 is 0 Å². The highest BCUT2D eigenvalue weighted by Gasteiger charge is 2.08. The highest BCUT2D eigenvalue weighted by Crippen LogP contribution is 2.11. The first-order valence-electron chi connectivity index (χ1n) is 3.89. The van der Waals surface area contributed by atoms with Gasteiger partial charge in [0.1, 0.15) is 11.0 Å². The Morgan fingerprint density at radius 3 is 3.00 bits per heavy atom. The van der Waals surface area contributed by atoms with E-state index in [2.05, 4.69) is 26.0 Å². The molecule has 0 spiro atoms. The molecule has 2 heterocycles. The van der Waals surface area contributed by atoms with E-state index in [-0.39, 0.29) is 6.42 Å². The van der Waals surface area contributed by atoms with Gasteiger partial charge < -0.3 is 5.11 Å². The fourth-order valence-electron chi connectivity index (χ4n) is 1.13. The third-order valence-electron chi connectivity index (χ3n) is 1.67. The summed E-state index contributed by atoms with van der Waals surface area (Å²) in [5.41, 5.74) is 0.635. The number of carboxylic acids is 1. The number of fused-ring (bicyclic) bond motifs is 1. The molecule has 0 unspecified atom stereocenters. The van der Waals surface area contributed by atoms with Crippen LogP contribution in [-0.4, -0.2) is 25.7 Å². The zero-order valence-electron chi connectivity index (χ0n) is 7.01. The number of carbonyl (C=O) groups is 1. The number of nitrogens with zero attached hydrogens (tertiary/aromatic N) is 3. The van der Waals surface area contributed by atoms with Crippen LogP contribution in [0, 0.1) is 0 Å². The molecule has 0 fully saturated rings. The maximum atomic E-state index is 10.4. The first-order chi connectivity index (χ1) is 6.66. The Morgan fingerprint density at radius 1 is 1.57 bits per heavy atom. The van der Waals surface area contributed by atoms with Gasteiger partial charge in [-0.3, -0.25) is 4.79 Å². The lowest BCUT2D eigenvalue weighted by molar-refractivity contribution is -0.136. The number of hydrogen-bond donors (Lipinski definition) is 1. The summed E-state index contributed by atoms with van der Waals surface area (Å²) in [6.45, 7) is 0. The molecule has 2 rings (SSSR count). The van der Waals surface area contributed by atoms with Gasteiger partial charge in [0, 0.05) is 0 Å². The third kappa shape index (κ3) is 1.60. The van der Waals surface area contributed by atoms with E-state index in [9.17, 15) is 4.79 Å². The Hall–Kier alpha value is -1.43. The van der Waals surface area contributed by atoms with Crippen molar-refractivity contribution in [3.63, 3.8) is 0 Å². The maximum absolute atomic E-state index is 10.4. The Balaban J connectivity index is 2.51. The van der Waals surface area contributed by atoms with Gasteiger partial charge in [0.05, 0.1) is 0 Å². The van der Waals surface area contributed by atoms with Crippen LogP contribution in [0.5, 0.6) is 0 Å². The predicted octanol–water partition coefficient (Wildman–Crippen LogP) is 1.12. The minimum atomic E-state index is -0.933. The molecule has 0 atom stereocenters. The summed E-state index contributed by atoms with van der Waals surface area (Å²) in [7, 11) is 0. The molecule has 0 amide bonds. The monoisotopic (exact) mass is 255 g/mol. The second kappa shape index (κ2) is 3.38. The largest absolute Gasteiger partial charge is 0.481 e. The summed E-state index contributed by atoms with van der Waals surface area (Å²) in [4.78, 5) is 14.5. The van der Waals surface area contributed by atoms with Gasteiger partial charge in [0.25, 0.3) is 0 Å². The van der Waals surface area contributed by atoms with E-state index in [1.54, 1.807) is 10.6 Å². The van der Waals surface area contributed by atoms with Crippen LogP contribution in [0.15, 0.2) is 22.8 Å². The molecular formula is C8H6BrN3O2. The molecule has 2 aromatic heterocycles. The van der Waals surface area contributed by atoms with Crippen LogP contribution in [-0.2, 0) is 11.2 Å². The van der Waals surface area contributed by atoms with Crippen molar-refractivity contribution in [1.29, 1.82) is 0 Å². The summed E-state index contributed by atoms with van der Waals surface area (Å²) < 4.78 is 2.30. The molecule has 0 aliphatic carbocycles. The van der Waals surface area contributed by atoms with Crippen LogP contribution < -0.4 is 0 Å². The van der Waals surface area contributed by atoms with E-state index in [1.165, 1.54) is 0 Å². The van der Waals surface area contributed by atoms with Gasteiger partial charge in [-0.2, -0.15) is 0 Å². The number of hydrogen-bond acceptors (Lipinski definition) is 3. The van der Waals surface area contributed by atoms with Gasteiger partial charge in [0.15, 0.2) is 11.5 Å². The molecule has 5 nitrogen and oxygen atoms in total. The van der Waals surface area contributed by atoms with E-state index in [0.29, 0.717) is 11.5 Å². The summed E-state index contributed by atoms with van der Waals surface area (Å²) in [6, 6.07) is 5.40. The number of rotatable bonds is 2. The first-order valence-corrected chi connectivity index (χ1v) is 4.68. The van der Waals surface area contributed by atoms with Crippen molar-refractivity contribution in [3.8, 4) is 0 Å². The van der Waals surface area contributed by atoms with Crippen LogP contribution >= 0.6 is 15.9 Å².